The first-order valence-corrected chi connectivity index (χ1v) is 7.86. The second kappa shape index (κ2) is 6.53. The Morgan fingerprint density at radius 2 is 2.16 bits per heavy atom. The predicted octanol–water partition coefficient (Wildman–Crippen LogP) is 0.906. The lowest BCUT2D eigenvalue weighted by atomic mass is 9.98. The summed E-state index contributed by atoms with van der Waals surface area (Å²) >= 11 is 0. The first kappa shape index (κ1) is 15.2. The van der Waals surface area contributed by atoms with Gasteiger partial charge in [0.05, 0.1) is 6.61 Å². The topological polar surface area (TPSA) is 38.7 Å². The fraction of sp³-hybridized carbons (Fsp3) is 1.00. The Morgan fingerprint density at radius 1 is 1.37 bits per heavy atom. The lowest BCUT2D eigenvalue weighted by Gasteiger charge is -2.34. The van der Waals surface area contributed by atoms with Crippen LogP contribution >= 0.6 is 0 Å². The Hall–Kier alpha value is -0.160. The number of likely N-dealkylation sites (tertiary alicyclic amines) is 1. The molecule has 0 bridgehead atoms. The van der Waals surface area contributed by atoms with E-state index in [-0.39, 0.29) is 12.1 Å². The fourth-order valence-electron chi connectivity index (χ4n) is 4.07. The molecule has 2 rings (SSSR count). The first-order valence-electron chi connectivity index (χ1n) is 7.86. The zero-order valence-electron chi connectivity index (χ0n) is 12.9. The van der Waals surface area contributed by atoms with E-state index in [2.05, 4.69) is 36.1 Å². The minimum atomic E-state index is -0.00925. The summed E-state index contributed by atoms with van der Waals surface area (Å²) in [7, 11) is 4.34. The van der Waals surface area contributed by atoms with Gasteiger partial charge < -0.3 is 15.3 Å². The Balaban J connectivity index is 1.95. The summed E-state index contributed by atoms with van der Waals surface area (Å²) in [4.78, 5) is 5.02. The molecule has 1 saturated heterocycles. The summed E-state index contributed by atoms with van der Waals surface area (Å²) in [5.41, 5.74) is -0.00925. The third-order valence-corrected chi connectivity index (χ3v) is 4.90. The monoisotopic (exact) mass is 269 g/mol. The van der Waals surface area contributed by atoms with E-state index in [4.69, 9.17) is 0 Å². The number of nitrogens with zero attached hydrogens (tertiary/aromatic N) is 2. The van der Waals surface area contributed by atoms with E-state index in [1.165, 1.54) is 32.4 Å². The maximum absolute atomic E-state index is 9.73. The molecule has 0 spiro atoms. The second-order valence-corrected chi connectivity index (χ2v) is 6.66. The maximum atomic E-state index is 9.73. The Labute approximate surface area is 118 Å². The number of aliphatic hydroxyl groups is 1. The van der Waals surface area contributed by atoms with Crippen molar-refractivity contribution in [2.75, 3.05) is 40.3 Å². The molecule has 0 radical (unpaired) electrons. The Kier molecular flexibility index (Phi) is 5.23. The minimum Gasteiger partial charge on any atom is -0.394 e. The van der Waals surface area contributed by atoms with Crippen LogP contribution in [0.4, 0.5) is 0 Å². The molecule has 2 fully saturated rings. The lowest BCUT2D eigenvalue weighted by molar-refractivity contribution is 0.127. The van der Waals surface area contributed by atoms with Gasteiger partial charge in [0, 0.05) is 24.2 Å². The predicted molar refractivity (Wildman–Crippen MR) is 79.4 cm³/mol. The highest BCUT2D eigenvalue weighted by Gasteiger charge is 2.42. The maximum Gasteiger partial charge on any atom is 0.0613 e. The zero-order valence-corrected chi connectivity index (χ0v) is 12.9. The van der Waals surface area contributed by atoms with E-state index in [1.807, 2.05) is 0 Å². The van der Waals surface area contributed by atoms with Gasteiger partial charge in [-0.25, -0.2) is 0 Å². The van der Waals surface area contributed by atoms with Crippen LogP contribution in [0.3, 0.4) is 0 Å². The van der Waals surface area contributed by atoms with E-state index >= 15 is 0 Å². The average molecular weight is 269 g/mol. The molecule has 2 aliphatic rings. The average Bonchev–Trinajstić information content (AvgIpc) is 2.96. The highest BCUT2D eigenvalue weighted by Crippen LogP contribution is 2.36. The van der Waals surface area contributed by atoms with E-state index in [9.17, 15) is 5.11 Å². The smallest absolute Gasteiger partial charge is 0.0613 e. The SMILES string of the molecule is CCNC1(CO)CCC(N2CCCC2CN(C)C)C1. The van der Waals surface area contributed by atoms with E-state index < -0.39 is 0 Å². The Morgan fingerprint density at radius 3 is 2.79 bits per heavy atom. The number of hydrogen-bond donors (Lipinski definition) is 2. The van der Waals surface area contributed by atoms with Crippen LogP contribution < -0.4 is 5.32 Å². The van der Waals surface area contributed by atoms with Gasteiger partial charge in [0.1, 0.15) is 0 Å². The van der Waals surface area contributed by atoms with Gasteiger partial charge in [-0.05, 0) is 59.3 Å². The van der Waals surface area contributed by atoms with Gasteiger partial charge in [0.15, 0.2) is 0 Å². The largest absolute Gasteiger partial charge is 0.394 e. The van der Waals surface area contributed by atoms with Crippen LogP contribution in [0, 0.1) is 0 Å². The quantitative estimate of drug-likeness (QED) is 0.752. The van der Waals surface area contributed by atoms with Gasteiger partial charge >= 0.3 is 0 Å². The van der Waals surface area contributed by atoms with Crippen molar-refractivity contribution in [3.05, 3.63) is 0 Å². The van der Waals surface area contributed by atoms with Crippen molar-refractivity contribution < 1.29 is 5.11 Å². The van der Waals surface area contributed by atoms with Gasteiger partial charge in [0.25, 0.3) is 0 Å². The van der Waals surface area contributed by atoms with Crippen LogP contribution in [0.1, 0.15) is 39.0 Å². The molecule has 1 saturated carbocycles. The van der Waals surface area contributed by atoms with Crippen molar-refractivity contribution in [3.63, 3.8) is 0 Å². The van der Waals surface area contributed by atoms with Crippen LogP contribution in [0.15, 0.2) is 0 Å². The van der Waals surface area contributed by atoms with Crippen molar-refractivity contribution >= 4 is 0 Å². The highest BCUT2D eigenvalue weighted by atomic mass is 16.3. The number of likely N-dealkylation sites (N-methyl/N-ethyl adjacent to an activating group) is 2. The first-order chi connectivity index (χ1) is 9.10. The normalized spacial score (nSPS) is 36.5. The molecule has 112 valence electrons. The summed E-state index contributed by atoms with van der Waals surface area (Å²) in [6.07, 6.45) is 6.14. The molecule has 1 aliphatic heterocycles. The molecule has 1 aliphatic carbocycles. The van der Waals surface area contributed by atoms with Gasteiger partial charge in [0.2, 0.25) is 0 Å². The number of nitrogens with one attached hydrogen (secondary N) is 1. The number of aliphatic hydroxyl groups excluding tert-OH is 1. The molecule has 0 amide bonds. The van der Waals surface area contributed by atoms with Gasteiger partial charge in [-0.2, -0.15) is 0 Å². The third-order valence-electron chi connectivity index (χ3n) is 4.90. The lowest BCUT2D eigenvalue weighted by Crippen LogP contribution is -2.49. The number of hydrogen-bond acceptors (Lipinski definition) is 4. The highest BCUT2D eigenvalue weighted by molar-refractivity contribution is 5.01. The van der Waals surface area contributed by atoms with Crippen LogP contribution in [0.2, 0.25) is 0 Å². The van der Waals surface area contributed by atoms with E-state index in [0.29, 0.717) is 6.04 Å². The van der Waals surface area contributed by atoms with Crippen molar-refractivity contribution in [3.8, 4) is 0 Å². The molecule has 0 aromatic heterocycles. The molecule has 2 N–H and O–H groups in total. The van der Waals surface area contributed by atoms with Gasteiger partial charge in [-0.1, -0.05) is 6.92 Å². The number of rotatable bonds is 6. The molecule has 0 aromatic carbocycles. The Bertz CT molecular complexity index is 285. The molecule has 0 aromatic rings. The molecular weight excluding hydrogens is 238 g/mol. The van der Waals surface area contributed by atoms with Crippen molar-refractivity contribution in [1.82, 2.24) is 15.1 Å². The van der Waals surface area contributed by atoms with Gasteiger partial charge in [-0.3, -0.25) is 4.90 Å². The van der Waals surface area contributed by atoms with Crippen LogP contribution in [0.5, 0.6) is 0 Å². The fourth-order valence-corrected chi connectivity index (χ4v) is 4.07. The summed E-state index contributed by atoms with van der Waals surface area (Å²) < 4.78 is 0. The van der Waals surface area contributed by atoms with E-state index in [1.54, 1.807) is 0 Å². The summed E-state index contributed by atoms with van der Waals surface area (Å²) in [5.74, 6) is 0. The van der Waals surface area contributed by atoms with Crippen LogP contribution in [0.25, 0.3) is 0 Å². The summed E-state index contributed by atoms with van der Waals surface area (Å²) in [6.45, 7) is 5.79. The molecule has 4 nitrogen and oxygen atoms in total. The molecule has 19 heavy (non-hydrogen) atoms. The molecule has 3 atom stereocenters. The second-order valence-electron chi connectivity index (χ2n) is 6.66. The van der Waals surface area contributed by atoms with Crippen LogP contribution in [-0.4, -0.2) is 72.9 Å². The van der Waals surface area contributed by atoms with Crippen molar-refractivity contribution in [2.45, 2.75) is 56.7 Å². The van der Waals surface area contributed by atoms with E-state index in [0.717, 1.165) is 25.4 Å². The molecule has 1 heterocycles. The van der Waals surface area contributed by atoms with Crippen molar-refractivity contribution in [1.29, 1.82) is 0 Å². The molecular formula is C15H31N3O. The summed E-state index contributed by atoms with van der Waals surface area (Å²) in [6, 6.07) is 1.38. The standard InChI is InChI=1S/C15H31N3O/c1-4-16-15(12-19)8-7-13(10-15)18-9-5-6-14(18)11-17(2)3/h13-14,16,19H,4-12H2,1-3H3. The molecule has 3 unspecified atom stereocenters. The van der Waals surface area contributed by atoms with Crippen LogP contribution in [-0.2, 0) is 0 Å². The zero-order chi connectivity index (χ0) is 13.9. The third kappa shape index (κ3) is 3.48. The summed E-state index contributed by atoms with van der Waals surface area (Å²) in [5, 5.41) is 13.3. The minimum absolute atomic E-state index is 0.00925. The van der Waals surface area contributed by atoms with Crippen molar-refractivity contribution in [2.24, 2.45) is 0 Å². The molecule has 4 heteroatoms. The van der Waals surface area contributed by atoms with Gasteiger partial charge in [-0.15, -0.1) is 0 Å².